The van der Waals surface area contributed by atoms with E-state index in [2.05, 4.69) is 0 Å². The average molecular weight is 251 g/mol. The molecule has 0 aromatic rings. The number of sulfonamides is 1. The Morgan fingerprint density at radius 1 is 0.812 bits per heavy atom. The zero-order chi connectivity index (χ0) is 11.1. The van der Waals surface area contributed by atoms with E-state index in [-0.39, 0.29) is 0 Å². The van der Waals surface area contributed by atoms with E-state index in [9.17, 15) is 8.42 Å². The summed E-state index contributed by atoms with van der Waals surface area (Å²) >= 11 is 0. The summed E-state index contributed by atoms with van der Waals surface area (Å²) in [5, 5.41) is 0. The summed E-state index contributed by atoms with van der Waals surface area (Å²) in [6.07, 6.45) is -3.41. The zero-order valence-electron chi connectivity index (χ0n) is 8.18. The molecule has 6 atom stereocenters. The zero-order valence-corrected chi connectivity index (χ0v) is 8.99. The third-order valence-corrected chi connectivity index (χ3v) is 4.11. The third-order valence-electron chi connectivity index (χ3n) is 2.92. The summed E-state index contributed by atoms with van der Waals surface area (Å²) in [6.45, 7) is 0. The number of hydrogen-bond acceptors (Lipinski definition) is 7. The second-order valence-electron chi connectivity index (χ2n) is 4.03. The van der Waals surface area contributed by atoms with Gasteiger partial charge in [-0.25, -0.2) is 8.42 Å². The monoisotopic (exact) mass is 251 g/mol. The summed E-state index contributed by atoms with van der Waals surface area (Å²) in [4.78, 5) is 0. The van der Waals surface area contributed by atoms with E-state index in [1.165, 1.54) is 0 Å². The second-order valence-corrected chi connectivity index (χ2v) is 5.92. The molecule has 5 aliphatic heterocycles. The number of hydrogen-bond donors (Lipinski definition) is 0. The summed E-state index contributed by atoms with van der Waals surface area (Å²) < 4.78 is 51.3. The molecular formula is C7H9NO7S. The molecule has 90 valence electrons. The van der Waals surface area contributed by atoms with Crippen molar-refractivity contribution < 1.29 is 32.1 Å². The first-order valence-corrected chi connectivity index (χ1v) is 6.65. The molecule has 0 spiro atoms. The first kappa shape index (κ1) is 9.71. The Balaban J connectivity index is 1.86. The Kier molecular flexibility index (Phi) is 1.67. The van der Waals surface area contributed by atoms with Crippen LogP contribution < -0.4 is 0 Å². The normalized spacial score (nSPS) is 54.8. The van der Waals surface area contributed by atoms with Gasteiger partial charge in [0.1, 0.15) is 0 Å². The lowest BCUT2D eigenvalue weighted by atomic mass is 10.4. The van der Waals surface area contributed by atoms with Gasteiger partial charge in [-0.3, -0.25) is 0 Å². The molecule has 0 aromatic carbocycles. The van der Waals surface area contributed by atoms with E-state index in [0.29, 0.717) is 0 Å². The maximum atomic E-state index is 11.7. The molecule has 5 rings (SSSR count). The Hall–Kier alpha value is -0.290. The predicted octanol–water partition coefficient (Wildman–Crippen LogP) is -1.66. The molecule has 5 aliphatic rings. The maximum absolute atomic E-state index is 11.7. The lowest BCUT2D eigenvalue weighted by molar-refractivity contribution is -0.277. The smallest absolute Gasteiger partial charge is 0.215 e. The van der Waals surface area contributed by atoms with E-state index in [1.54, 1.807) is 0 Å². The number of ether oxygens (including phenoxy) is 5. The maximum Gasteiger partial charge on any atom is 0.215 e. The number of morpholine rings is 1. The highest BCUT2D eigenvalue weighted by Crippen LogP contribution is 2.45. The fraction of sp³-hybridized carbons (Fsp3) is 1.00. The van der Waals surface area contributed by atoms with Crippen molar-refractivity contribution in [2.45, 2.75) is 37.6 Å². The molecule has 5 fully saturated rings. The van der Waals surface area contributed by atoms with Crippen LogP contribution in [0.1, 0.15) is 0 Å². The molecule has 16 heavy (non-hydrogen) atoms. The van der Waals surface area contributed by atoms with Crippen LogP contribution in [0.5, 0.6) is 0 Å². The summed E-state index contributed by atoms with van der Waals surface area (Å²) in [7, 11) is -3.48. The number of rotatable bonds is 1. The van der Waals surface area contributed by atoms with Crippen LogP contribution in [0.2, 0.25) is 0 Å². The van der Waals surface area contributed by atoms with E-state index in [0.717, 1.165) is 10.6 Å². The van der Waals surface area contributed by atoms with E-state index < -0.39 is 47.6 Å². The van der Waals surface area contributed by atoms with Crippen LogP contribution in [-0.4, -0.2) is 56.6 Å². The topological polar surface area (TPSA) is 83.5 Å². The molecule has 0 N–H and O–H groups in total. The minimum Gasteiger partial charge on any atom is -0.322 e. The van der Waals surface area contributed by atoms with E-state index >= 15 is 0 Å². The van der Waals surface area contributed by atoms with Crippen LogP contribution in [0, 0.1) is 0 Å². The minimum absolute atomic E-state index is 0.725. The van der Waals surface area contributed by atoms with Crippen LogP contribution in [0.25, 0.3) is 0 Å². The Morgan fingerprint density at radius 2 is 1.25 bits per heavy atom. The number of nitrogens with zero attached hydrogens (tertiary/aromatic N) is 1. The molecule has 0 saturated carbocycles. The second kappa shape index (κ2) is 2.75. The van der Waals surface area contributed by atoms with Gasteiger partial charge < -0.3 is 23.7 Å². The van der Waals surface area contributed by atoms with Gasteiger partial charge in [-0.2, -0.15) is 0 Å². The van der Waals surface area contributed by atoms with E-state index in [4.69, 9.17) is 23.7 Å². The van der Waals surface area contributed by atoms with Crippen molar-refractivity contribution in [3.05, 3.63) is 0 Å². The van der Waals surface area contributed by atoms with Crippen LogP contribution in [0.3, 0.4) is 0 Å². The summed E-state index contributed by atoms with van der Waals surface area (Å²) in [6, 6.07) is 0. The fourth-order valence-corrected chi connectivity index (χ4v) is 3.39. The molecule has 6 unspecified atom stereocenters. The molecule has 0 amide bonds. The molecule has 5 heterocycles. The highest BCUT2D eigenvalue weighted by molar-refractivity contribution is 7.88. The summed E-state index contributed by atoms with van der Waals surface area (Å²) in [5.41, 5.74) is 0. The first-order chi connectivity index (χ1) is 7.54. The SMILES string of the molecule is CS(=O)(=O)N1C2OC3OC2OC2OC3OC21. The van der Waals surface area contributed by atoms with Gasteiger partial charge in [0.05, 0.1) is 6.26 Å². The van der Waals surface area contributed by atoms with Crippen molar-refractivity contribution in [2.24, 2.45) is 0 Å². The summed E-state index contributed by atoms with van der Waals surface area (Å²) in [5.74, 6) is 0. The Morgan fingerprint density at radius 3 is 1.69 bits per heavy atom. The van der Waals surface area contributed by atoms with Crippen molar-refractivity contribution in [3.63, 3.8) is 0 Å². The predicted molar refractivity (Wildman–Crippen MR) is 44.8 cm³/mol. The van der Waals surface area contributed by atoms with Gasteiger partial charge >= 0.3 is 0 Å². The third kappa shape index (κ3) is 1.06. The minimum atomic E-state index is -3.48. The molecule has 0 aliphatic carbocycles. The van der Waals surface area contributed by atoms with Gasteiger partial charge in [0.15, 0.2) is 12.5 Å². The largest absolute Gasteiger partial charge is 0.322 e. The first-order valence-electron chi connectivity index (χ1n) is 4.80. The molecular weight excluding hydrogens is 242 g/mol. The highest BCUT2D eigenvalue weighted by atomic mass is 32.2. The van der Waals surface area contributed by atoms with Gasteiger partial charge in [-0.1, -0.05) is 0 Å². The van der Waals surface area contributed by atoms with Crippen molar-refractivity contribution in [1.29, 1.82) is 0 Å². The van der Waals surface area contributed by atoms with Crippen molar-refractivity contribution >= 4 is 10.0 Å². The molecule has 5 saturated heterocycles. The van der Waals surface area contributed by atoms with Crippen LogP contribution in [0.4, 0.5) is 0 Å². The average Bonchev–Trinajstić information content (AvgIpc) is 2.61. The quantitative estimate of drug-likeness (QED) is 0.551. The van der Waals surface area contributed by atoms with Crippen molar-refractivity contribution in [2.75, 3.05) is 6.26 Å². The van der Waals surface area contributed by atoms with Gasteiger partial charge in [-0.05, 0) is 0 Å². The van der Waals surface area contributed by atoms with Gasteiger partial charge in [0.2, 0.25) is 35.2 Å². The van der Waals surface area contributed by atoms with Crippen LogP contribution >= 0.6 is 0 Å². The molecule has 0 radical (unpaired) electrons. The van der Waals surface area contributed by atoms with Crippen LogP contribution in [0.15, 0.2) is 0 Å². The van der Waals surface area contributed by atoms with E-state index in [1.807, 2.05) is 0 Å². The van der Waals surface area contributed by atoms with Crippen LogP contribution in [-0.2, 0) is 33.7 Å². The highest BCUT2D eigenvalue weighted by Gasteiger charge is 2.65. The molecule has 0 aromatic heterocycles. The lowest BCUT2D eigenvalue weighted by Crippen LogP contribution is -2.60. The van der Waals surface area contributed by atoms with Crippen molar-refractivity contribution in [3.8, 4) is 0 Å². The van der Waals surface area contributed by atoms with Gasteiger partial charge in [0, 0.05) is 0 Å². The Bertz CT molecular complexity index is 414. The standard InChI is InChI=1S/C7H9NO7S/c1-16(9,10)8-2-4-13-5-3(8)12-7(15-5)6(11-2)14-4/h2-7H,1H3. The lowest BCUT2D eigenvalue weighted by Gasteiger charge is -2.38. The Labute approximate surface area is 91.0 Å². The molecule has 9 heteroatoms. The van der Waals surface area contributed by atoms with Crippen molar-refractivity contribution in [1.82, 2.24) is 4.31 Å². The van der Waals surface area contributed by atoms with Gasteiger partial charge in [0.25, 0.3) is 0 Å². The fourth-order valence-electron chi connectivity index (χ4n) is 2.34. The molecule has 6 bridgehead atoms. The van der Waals surface area contributed by atoms with Gasteiger partial charge in [-0.15, -0.1) is 4.31 Å². The molecule has 8 nitrogen and oxygen atoms in total.